The van der Waals surface area contributed by atoms with Crippen LogP contribution in [0.4, 0.5) is 0 Å². The molecule has 2 N–H and O–H groups in total. The molecule has 0 saturated carbocycles. The Labute approximate surface area is 146 Å². The summed E-state index contributed by atoms with van der Waals surface area (Å²) in [6.45, 7) is 15.9. The van der Waals surface area contributed by atoms with Crippen LogP contribution in [0, 0.1) is 17.3 Å². The van der Waals surface area contributed by atoms with Crippen LogP contribution in [0.1, 0.15) is 61.3 Å². The summed E-state index contributed by atoms with van der Waals surface area (Å²) in [7, 11) is 0. The van der Waals surface area contributed by atoms with Crippen molar-refractivity contribution in [3.63, 3.8) is 0 Å². The molecule has 0 aromatic heterocycles. The average molecular weight is 342 g/mol. The molecule has 24 heavy (non-hydrogen) atoms. The van der Waals surface area contributed by atoms with Gasteiger partial charge in [-0.15, -0.1) is 0 Å². The standard InChI is InChI=1S/C19H34O5/c1-9-14(11(2)3)24-16(21)10-15(20)19(7,8)18(23)13(6)17(22)12(4)5/h12-15,17,20,22H,2,9-10H2,1,3-8H3/t13-,14+,15+,17+/m1/s1. The molecule has 0 aliphatic rings. The van der Waals surface area contributed by atoms with Crippen molar-refractivity contribution in [1.29, 1.82) is 0 Å². The highest BCUT2D eigenvalue weighted by atomic mass is 16.5. The van der Waals surface area contributed by atoms with E-state index in [1.54, 1.807) is 27.7 Å². The van der Waals surface area contributed by atoms with E-state index in [0.717, 1.165) is 5.57 Å². The normalized spacial score (nSPS) is 17.1. The molecule has 0 rings (SSSR count). The molecular formula is C19H34O5. The van der Waals surface area contributed by atoms with Crippen LogP contribution >= 0.6 is 0 Å². The van der Waals surface area contributed by atoms with E-state index in [-0.39, 0.29) is 24.2 Å². The highest BCUT2D eigenvalue weighted by Gasteiger charge is 2.41. The van der Waals surface area contributed by atoms with Gasteiger partial charge >= 0.3 is 5.97 Å². The number of aliphatic hydroxyl groups is 2. The maximum absolute atomic E-state index is 12.6. The third-order valence-corrected chi connectivity index (χ3v) is 4.63. The lowest BCUT2D eigenvalue weighted by Gasteiger charge is -2.33. The molecule has 0 bridgehead atoms. The first kappa shape index (κ1) is 22.8. The van der Waals surface area contributed by atoms with Gasteiger partial charge in [0, 0.05) is 5.92 Å². The zero-order chi connectivity index (χ0) is 19.2. The number of rotatable bonds is 10. The maximum Gasteiger partial charge on any atom is 0.309 e. The molecule has 0 aromatic rings. The van der Waals surface area contributed by atoms with Gasteiger partial charge in [-0.1, -0.05) is 48.1 Å². The van der Waals surface area contributed by atoms with E-state index in [0.29, 0.717) is 6.42 Å². The third-order valence-electron chi connectivity index (χ3n) is 4.63. The zero-order valence-electron chi connectivity index (χ0n) is 16.1. The summed E-state index contributed by atoms with van der Waals surface area (Å²) < 4.78 is 5.29. The molecule has 5 heteroatoms. The van der Waals surface area contributed by atoms with Crippen molar-refractivity contribution >= 4 is 11.8 Å². The summed E-state index contributed by atoms with van der Waals surface area (Å²) in [5.41, 5.74) is -0.413. The van der Waals surface area contributed by atoms with Crippen LogP contribution in [0.3, 0.4) is 0 Å². The largest absolute Gasteiger partial charge is 0.458 e. The molecule has 0 aliphatic heterocycles. The van der Waals surface area contributed by atoms with Crippen LogP contribution in [0.5, 0.6) is 0 Å². The van der Waals surface area contributed by atoms with Gasteiger partial charge < -0.3 is 14.9 Å². The fourth-order valence-electron chi connectivity index (χ4n) is 2.64. The van der Waals surface area contributed by atoms with Crippen LogP contribution in [-0.2, 0) is 14.3 Å². The molecule has 0 saturated heterocycles. The molecule has 0 spiro atoms. The van der Waals surface area contributed by atoms with Gasteiger partial charge in [0.15, 0.2) is 0 Å². The van der Waals surface area contributed by atoms with Gasteiger partial charge in [-0.25, -0.2) is 0 Å². The van der Waals surface area contributed by atoms with Crippen molar-refractivity contribution in [1.82, 2.24) is 0 Å². The van der Waals surface area contributed by atoms with Gasteiger partial charge in [-0.05, 0) is 24.8 Å². The van der Waals surface area contributed by atoms with Gasteiger partial charge in [0.1, 0.15) is 11.9 Å². The van der Waals surface area contributed by atoms with Crippen LogP contribution in [0.15, 0.2) is 12.2 Å². The molecule has 0 fully saturated rings. The highest BCUT2D eigenvalue weighted by molar-refractivity contribution is 5.87. The summed E-state index contributed by atoms with van der Waals surface area (Å²) in [6.07, 6.45) is -2.01. The first-order chi connectivity index (χ1) is 10.9. The van der Waals surface area contributed by atoms with E-state index < -0.39 is 29.5 Å². The second-order valence-corrected chi connectivity index (χ2v) is 7.56. The van der Waals surface area contributed by atoms with E-state index in [1.165, 1.54) is 0 Å². The zero-order valence-corrected chi connectivity index (χ0v) is 16.1. The number of Topliss-reactive ketones (excluding diaryl/α,β-unsaturated/α-hetero) is 1. The number of carbonyl (C=O) groups is 2. The average Bonchev–Trinajstić information content (AvgIpc) is 2.49. The Hall–Kier alpha value is -1.20. The van der Waals surface area contributed by atoms with Gasteiger partial charge in [0.2, 0.25) is 0 Å². The van der Waals surface area contributed by atoms with Crippen molar-refractivity contribution in [3.05, 3.63) is 12.2 Å². The van der Waals surface area contributed by atoms with Crippen molar-refractivity contribution in [2.45, 2.75) is 79.6 Å². The van der Waals surface area contributed by atoms with Crippen LogP contribution in [-0.4, -0.2) is 40.3 Å². The van der Waals surface area contributed by atoms with Crippen molar-refractivity contribution in [2.24, 2.45) is 17.3 Å². The maximum atomic E-state index is 12.6. The number of esters is 1. The molecule has 0 aliphatic carbocycles. The Bertz CT molecular complexity index is 453. The number of ether oxygens (including phenoxy) is 1. The second-order valence-electron chi connectivity index (χ2n) is 7.56. The number of aliphatic hydroxyl groups excluding tert-OH is 2. The lowest BCUT2D eigenvalue weighted by Crippen LogP contribution is -2.45. The Morgan fingerprint density at radius 1 is 1.17 bits per heavy atom. The smallest absolute Gasteiger partial charge is 0.309 e. The Kier molecular flexibility index (Phi) is 8.86. The van der Waals surface area contributed by atoms with E-state index in [4.69, 9.17) is 4.74 Å². The number of hydrogen-bond donors (Lipinski definition) is 2. The molecule has 4 atom stereocenters. The molecule has 0 heterocycles. The number of ketones is 1. The van der Waals surface area contributed by atoms with E-state index >= 15 is 0 Å². The Morgan fingerprint density at radius 2 is 1.67 bits per heavy atom. The minimum Gasteiger partial charge on any atom is -0.458 e. The molecule has 140 valence electrons. The van der Waals surface area contributed by atoms with Crippen molar-refractivity contribution in [2.75, 3.05) is 0 Å². The first-order valence-electron chi connectivity index (χ1n) is 8.61. The molecule has 0 amide bonds. The number of hydrogen-bond acceptors (Lipinski definition) is 5. The molecular weight excluding hydrogens is 308 g/mol. The molecule has 0 aromatic carbocycles. The van der Waals surface area contributed by atoms with E-state index in [9.17, 15) is 19.8 Å². The molecule has 0 radical (unpaired) electrons. The highest BCUT2D eigenvalue weighted by Crippen LogP contribution is 2.31. The van der Waals surface area contributed by atoms with E-state index in [1.807, 2.05) is 20.8 Å². The summed E-state index contributed by atoms with van der Waals surface area (Å²) in [4.78, 5) is 24.7. The lowest BCUT2D eigenvalue weighted by atomic mass is 9.73. The topological polar surface area (TPSA) is 83.8 Å². The summed E-state index contributed by atoms with van der Waals surface area (Å²) in [6, 6.07) is 0. The van der Waals surface area contributed by atoms with Crippen LogP contribution in [0.2, 0.25) is 0 Å². The Balaban J connectivity index is 4.94. The van der Waals surface area contributed by atoms with Crippen LogP contribution in [0.25, 0.3) is 0 Å². The molecule has 5 nitrogen and oxygen atoms in total. The lowest BCUT2D eigenvalue weighted by molar-refractivity contribution is -0.154. The van der Waals surface area contributed by atoms with E-state index in [2.05, 4.69) is 6.58 Å². The van der Waals surface area contributed by atoms with Crippen molar-refractivity contribution < 1.29 is 24.5 Å². The summed E-state index contributed by atoms with van der Waals surface area (Å²) in [5.74, 6) is -1.52. The minimum absolute atomic E-state index is 0.0669. The first-order valence-corrected chi connectivity index (χ1v) is 8.61. The van der Waals surface area contributed by atoms with Gasteiger partial charge in [0.25, 0.3) is 0 Å². The quantitative estimate of drug-likeness (QED) is 0.471. The fourth-order valence-corrected chi connectivity index (χ4v) is 2.64. The predicted molar refractivity (Wildman–Crippen MR) is 94.4 cm³/mol. The van der Waals surface area contributed by atoms with Gasteiger partial charge in [-0.3, -0.25) is 9.59 Å². The van der Waals surface area contributed by atoms with Gasteiger partial charge in [-0.2, -0.15) is 0 Å². The monoisotopic (exact) mass is 342 g/mol. The van der Waals surface area contributed by atoms with Gasteiger partial charge in [0.05, 0.1) is 24.0 Å². The SMILES string of the molecule is C=C(C)[C@H](CC)OC(=O)C[C@H](O)C(C)(C)C(=O)[C@H](C)[C@@H](O)C(C)C. The number of carbonyl (C=O) groups excluding carboxylic acids is 2. The Morgan fingerprint density at radius 3 is 2.04 bits per heavy atom. The third kappa shape index (κ3) is 6.02. The summed E-state index contributed by atoms with van der Waals surface area (Å²) >= 11 is 0. The summed E-state index contributed by atoms with van der Waals surface area (Å²) in [5, 5.41) is 20.5. The predicted octanol–water partition coefficient (Wildman–Crippen LogP) is 2.88. The van der Waals surface area contributed by atoms with Crippen LogP contribution < -0.4 is 0 Å². The fraction of sp³-hybridized carbons (Fsp3) is 0.789. The molecule has 0 unspecified atom stereocenters. The van der Waals surface area contributed by atoms with Crippen molar-refractivity contribution in [3.8, 4) is 0 Å². The minimum atomic E-state index is -1.18. The second kappa shape index (κ2) is 9.33.